The summed E-state index contributed by atoms with van der Waals surface area (Å²) in [5, 5.41) is 0. The van der Waals surface area contributed by atoms with E-state index in [0.717, 1.165) is 6.26 Å². The van der Waals surface area contributed by atoms with Crippen molar-refractivity contribution in [3.63, 3.8) is 0 Å². The normalized spacial score (nSPS) is 12.9. The predicted octanol–water partition coefficient (Wildman–Crippen LogP) is 2.62. The third-order valence-electron chi connectivity index (χ3n) is 2.71. The molecule has 1 aromatic heterocycles. The number of nitrogens with one attached hydrogen (secondary N) is 1. The van der Waals surface area contributed by atoms with E-state index in [1.165, 1.54) is 18.3 Å². The van der Waals surface area contributed by atoms with E-state index < -0.39 is 21.9 Å². The zero-order valence-corrected chi connectivity index (χ0v) is 12.4. The Kier molecular flexibility index (Phi) is 4.54. The second kappa shape index (κ2) is 6.19. The summed E-state index contributed by atoms with van der Waals surface area (Å²) in [6, 6.07) is 7.13. The van der Waals surface area contributed by atoms with Crippen LogP contribution in [-0.2, 0) is 10.0 Å². The van der Waals surface area contributed by atoms with Crippen molar-refractivity contribution in [3.05, 3.63) is 54.1 Å². The summed E-state index contributed by atoms with van der Waals surface area (Å²) in [5.41, 5.74) is 0.511. The molecule has 0 aliphatic heterocycles. The molecule has 1 heterocycles. The quantitative estimate of drug-likeness (QED) is 0.922. The van der Waals surface area contributed by atoms with Gasteiger partial charge in [0.05, 0.1) is 12.5 Å². The number of halogens is 1. The molecule has 7 heteroatoms. The number of hydrogen-bond acceptors (Lipinski definition) is 4. The van der Waals surface area contributed by atoms with Crippen LogP contribution < -0.4 is 9.46 Å². The van der Waals surface area contributed by atoms with Crippen molar-refractivity contribution in [1.29, 1.82) is 0 Å². The molecule has 0 fully saturated rings. The summed E-state index contributed by atoms with van der Waals surface area (Å²) in [4.78, 5) is 3.87. The summed E-state index contributed by atoms with van der Waals surface area (Å²) in [5.74, 6) is -0.0942. The lowest BCUT2D eigenvalue weighted by atomic mass is 10.1. The van der Waals surface area contributed by atoms with Crippen LogP contribution in [0.1, 0.15) is 18.5 Å². The first kappa shape index (κ1) is 15.4. The van der Waals surface area contributed by atoms with Gasteiger partial charge in [-0.1, -0.05) is 6.07 Å². The SMILES string of the molecule is C[C@@H](NS(C)(=O)=O)c1ccc(Oc2cccnc2)c(F)c1. The van der Waals surface area contributed by atoms with Crippen LogP contribution in [-0.4, -0.2) is 19.7 Å². The van der Waals surface area contributed by atoms with Crippen LogP contribution in [0.15, 0.2) is 42.7 Å². The van der Waals surface area contributed by atoms with E-state index in [4.69, 9.17) is 4.74 Å². The van der Waals surface area contributed by atoms with E-state index in [9.17, 15) is 12.8 Å². The van der Waals surface area contributed by atoms with Gasteiger partial charge in [-0.2, -0.15) is 0 Å². The monoisotopic (exact) mass is 310 g/mol. The lowest BCUT2D eigenvalue weighted by Gasteiger charge is -2.14. The number of rotatable bonds is 5. The first-order valence-corrected chi connectivity index (χ1v) is 8.09. The molecule has 112 valence electrons. The number of ether oxygens (including phenoxy) is 1. The van der Waals surface area contributed by atoms with Crippen LogP contribution in [0.5, 0.6) is 11.5 Å². The van der Waals surface area contributed by atoms with Crippen LogP contribution in [0.25, 0.3) is 0 Å². The van der Waals surface area contributed by atoms with Crippen LogP contribution in [0.3, 0.4) is 0 Å². The van der Waals surface area contributed by atoms with Gasteiger partial charge in [0.1, 0.15) is 5.75 Å². The fourth-order valence-corrected chi connectivity index (χ4v) is 2.57. The molecule has 1 aromatic carbocycles. The van der Waals surface area contributed by atoms with E-state index in [1.807, 2.05) is 0 Å². The molecule has 0 saturated heterocycles. The van der Waals surface area contributed by atoms with Crippen molar-refractivity contribution in [2.24, 2.45) is 0 Å². The number of benzene rings is 1. The summed E-state index contributed by atoms with van der Waals surface area (Å²) < 4.78 is 44.1. The number of aromatic nitrogens is 1. The number of sulfonamides is 1. The summed E-state index contributed by atoms with van der Waals surface area (Å²) >= 11 is 0. The Hall–Kier alpha value is -1.99. The lowest BCUT2D eigenvalue weighted by molar-refractivity contribution is 0.439. The molecular weight excluding hydrogens is 295 g/mol. The minimum atomic E-state index is -3.35. The van der Waals surface area contributed by atoms with Gasteiger partial charge in [0.25, 0.3) is 0 Å². The Morgan fingerprint density at radius 1 is 1.33 bits per heavy atom. The largest absolute Gasteiger partial charge is 0.453 e. The number of pyridine rings is 1. The lowest BCUT2D eigenvalue weighted by Crippen LogP contribution is -2.25. The standard InChI is InChI=1S/C14H15FN2O3S/c1-10(17-21(2,18)19)11-5-6-14(13(15)8-11)20-12-4-3-7-16-9-12/h3-10,17H,1-2H3/t10-/m1/s1. The van der Waals surface area contributed by atoms with Crippen molar-refractivity contribution >= 4 is 10.0 Å². The summed E-state index contributed by atoms with van der Waals surface area (Å²) in [6.07, 6.45) is 4.12. The first-order valence-electron chi connectivity index (χ1n) is 6.20. The maximum absolute atomic E-state index is 14.0. The molecule has 0 radical (unpaired) electrons. The Morgan fingerprint density at radius 2 is 2.10 bits per heavy atom. The second-order valence-electron chi connectivity index (χ2n) is 4.59. The minimum absolute atomic E-state index is 0.0540. The van der Waals surface area contributed by atoms with Gasteiger partial charge in [-0.3, -0.25) is 4.98 Å². The molecule has 5 nitrogen and oxygen atoms in total. The molecule has 0 bridgehead atoms. The molecule has 1 N–H and O–H groups in total. The Bertz CT molecular complexity index is 720. The molecule has 0 saturated carbocycles. The van der Waals surface area contributed by atoms with Gasteiger partial charge in [-0.05, 0) is 36.8 Å². The fourth-order valence-electron chi connectivity index (χ4n) is 1.79. The highest BCUT2D eigenvalue weighted by atomic mass is 32.2. The third kappa shape index (κ3) is 4.51. The Morgan fingerprint density at radius 3 is 2.67 bits per heavy atom. The number of nitrogens with zero attached hydrogens (tertiary/aromatic N) is 1. The molecule has 0 spiro atoms. The van der Waals surface area contributed by atoms with Crippen LogP contribution in [0, 0.1) is 5.82 Å². The topological polar surface area (TPSA) is 68.3 Å². The van der Waals surface area contributed by atoms with Crippen LogP contribution in [0.4, 0.5) is 4.39 Å². The molecule has 21 heavy (non-hydrogen) atoms. The van der Waals surface area contributed by atoms with E-state index in [0.29, 0.717) is 11.3 Å². The maximum Gasteiger partial charge on any atom is 0.209 e. The average molecular weight is 310 g/mol. The average Bonchev–Trinajstić information content (AvgIpc) is 2.40. The fraction of sp³-hybridized carbons (Fsp3) is 0.214. The van der Waals surface area contributed by atoms with Crippen LogP contribution in [0.2, 0.25) is 0 Å². The predicted molar refractivity (Wildman–Crippen MR) is 77.1 cm³/mol. The van der Waals surface area contributed by atoms with Crippen molar-refractivity contribution in [2.75, 3.05) is 6.26 Å². The molecule has 2 aromatic rings. The van der Waals surface area contributed by atoms with Crippen molar-refractivity contribution < 1.29 is 17.5 Å². The van der Waals surface area contributed by atoms with Crippen molar-refractivity contribution in [3.8, 4) is 11.5 Å². The van der Waals surface area contributed by atoms with E-state index in [-0.39, 0.29) is 5.75 Å². The highest BCUT2D eigenvalue weighted by molar-refractivity contribution is 7.88. The third-order valence-corrected chi connectivity index (χ3v) is 3.49. The van der Waals surface area contributed by atoms with Crippen LogP contribution >= 0.6 is 0 Å². The smallest absolute Gasteiger partial charge is 0.209 e. The van der Waals surface area contributed by atoms with Crippen molar-refractivity contribution in [1.82, 2.24) is 9.71 Å². The van der Waals surface area contributed by atoms with Gasteiger partial charge in [0, 0.05) is 12.2 Å². The Labute approximate surface area is 122 Å². The zero-order valence-electron chi connectivity index (χ0n) is 11.6. The van der Waals surface area contributed by atoms with Gasteiger partial charge in [0.15, 0.2) is 11.6 Å². The molecule has 0 amide bonds. The molecule has 0 unspecified atom stereocenters. The van der Waals surface area contributed by atoms with Gasteiger partial charge < -0.3 is 4.74 Å². The molecular formula is C14H15FN2O3S. The molecule has 2 rings (SSSR count). The maximum atomic E-state index is 14.0. The van der Waals surface area contributed by atoms with Crippen molar-refractivity contribution in [2.45, 2.75) is 13.0 Å². The zero-order chi connectivity index (χ0) is 15.5. The molecule has 1 atom stereocenters. The molecule has 0 aliphatic carbocycles. The summed E-state index contributed by atoms with van der Waals surface area (Å²) in [7, 11) is -3.35. The summed E-state index contributed by atoms with van der Waals surface area (Å²) in [6.45, 7) is 1.64. The molecule has 0 aliphatic rings. The van der Waals surface area contributed by atoms with Gasteiger partial charge in [0.2, 0.25) is 10.0 Å². The first-order chi connectivity index (χ1) is 9.85. The Balaban J connectivity index is 2.18. The highest BCUT2D eigenvalue weighted by Gasteiger charge is 2.14. The van der Waals surface area contributed by atoms with Gasteiger partial charge in [-0.15, -0.1) is 0 Å². The highest BCUT2D eigenvalue weighted by Crippen LogP contribution is 2.26. The van der Waals surface area contributed by atoms with E-state index in [2.05, 4.69) is 9.71 Å². The van der Waals surface area contributed by atoms with E-state index in [1.54, 1.807) is 31.3 Å². The minimum Gasteiger partial charge on any atom is -0.453 e. The second-order valence-corrected chi connectivity index (χ2v) is 6.37. The van der Waals surface area contributed by atoms with Gasteiger partial charge >= 0.3 is 0 Å². The van der Waals surface area contributed by atoms with Gasteiger partial charge in [-0.25, -0.2) is 17.5 Å². The number of hydrogen-bond donors (Lipinski definition) is 1. The van der Waals surface area contributed by atoms with E-state index >= 15 is 0 Å².